The van der Waals surface area contributed by atoms with Crippen molar-refractivity contribution in [1.82, 2.24) is 0 Å². The average molecular weight is 241 g/mol. The van der Waals surface area contributed by atoms with Crippen molar-refractivity contribution in [2.75, 3.05) is 6.61 Å². The molecule has 2 aromatic rings. The van der Waals surface area contributed by atoms with Crippen LogP contribution in [-0.2, 0) is 6.54 Å². The molecule has 2 aromatic carbocycles. The van der Waals surface area contributed by atoms with Crippen LogP contribution in [0.15, 0.2) is 42.5 Å². The molecule has 2 heteroatoms. The summed E-state index contributed by atoms with van der Waals surface area (Å²) < 4.78 is 5.45. The van der Waals surface area contributed by atoms with Crippen molar-refractivity contribution in [3.05, 3.63) is 53.6 Å². The van der Waals surface area contributed by atoms with Crippen LogP contribution >= 0.6 is 0 Å². The Kier molecular flexibility index (Phi) is 4.00. The molecule has 0 aliphatic rings. The fourth-order valence-electron chi connectivity index (χ4n) is 2.07. The maximum atomic E-state index is 5.64. The number of rotatable bonds is 4. The Hall–Kier alpha value is -1.80. The van der Waals surface area contributed by atoms with E-state index < -0.39 is 0 Å². The molecule has 0 radical (unpaired) electrons. The first kappa shape index (κ1) is 12.7. The Bertz CT molecular complexity index is 517. The largest absolute Gasteiger partial charge is 0.494 e. The Morgan fingerprint density at radius 1 is 1.06 bits per heavy atom. The molecule has 0 aromatic heterocycles. The maximum Gasteiger partial charge on any atom is 0.119 e. The summed E-state index contributed by atoms with van der Waals surface area (Å²) >= 11 is 0. The molecule has 2 rings (SSSR count). The molecule has 0 saturated heterocycles. The van der Waals surface area contributed by atoms with Crippen molar-refractivity contribution in [3.63, 3.8) is 0 Å². The predicted octanol–water partition coefficient (Wildman–Crippen LogP) is 3.52. The van der Waals surface area contributed by atoms with E-state index in [0.29, 0.717) is 13.2 Å². The number of hydrogen-bond donors (Lipinski definition) is 1. The third kappa shape index (κ3) is 2.71. The topological polar surface area (TPSA) is 35.2 Å². The molecule has 0 unspecified atom stereocenters. The van der Waals surface area contributed by atoms with Gasteiger partial charge in [0.1, 0.15) is 5.75 Å². The van der Waals surface area contributed by atoms with Crippen molar-refractivity contribution in [2.45, 2.75) is 20.4 Å². The van der Waals surface area contributed by atoms with Gasteiger partial charge in [-0.1, -0.05) is 30.3 Å². The minimum atomic E-state index is 0.588. The minimum absolute atomic E-state index is 0.588. The Labute approximate surface area is 108 Å². The number of ether oxygens (including phenoxy) is 1. The summed E-state index contributed by atoms with van der Waals surface area (Å²) in [5.74, 6) is 0.914. The smallest absolute Gasteiger partial charge is 0.119 e. The zero-order valence-corrected chi connectivity index (χ0v) is 10.9. The third-order valence-corrected chi connectivity index (χ3v) is 3.00. The molecule has 0 heterocycles. The second-order valence-electron chi connectivity index (χ2n) is 4.31. The van der Waals surface area contributed by atoms with Crippen molar-refractivity contribution in [2.24, 2.45) is 5.73 Å². The first-order chi connectivity index (χ1) is 8.74. The second-order valence-corrected chi connectivity index (χ2v) is 4.31. The molecule has 2 N–H and O–H groups in total. The van der Waals surface area contributed by atoms with Crippen LogP contribution in [0.5, 0.6) is 5.75 Å². The van der Waals surface area contributed by atoms with Gasteiger partial charge >= 0.3 is 0 Å². The molecule has 0 aliphatic heterocycles. The van der Waals surface area contributed by atoms with Crippen LogP contribution in [0.2, 0.25) is 0 Å². The highest BCUT2D eigenvalue weighted by atomic mass is 16.5. The lowest BCUT2D eigenvalue weighted by Gasteiger charge is -2.09. The lowest BCUT2D eigenvalue weighted by molar-refractivity contribution is 0.340. The lowest BCUT2D eigenvalue weighted by Crippen LogP contribution is -1.97. The van der Waals surface area contributed by atoms with Crippen LogP contribution in [0, 0.1) is 6.92 Å². The van der Waals surface area contributed by atoms with Crippen molar-refractivity contribution >= 4 is 0 Å². The quantitative estimate of drug-likeness (QED) is 0.889. The molecule has 0 amide bonds. The fourth-order valence-corrected chi connectivity index (χ4v) is 2.07. The third-order valence-electron chi connectivity index (χ3n) is 3.00. The van der Waals surface area contributed by atoms with E-state index >= 15 is 0 Å². The molecule has 2 nitrogen and oxygen atoms in total. The van der Waals surface area contributed by atoms with E-state index in [1.807, 2.05) is 19.1 Å². The van der Waals surface area contributed by atoms with Crippen LogP contribution < -0.4 is 10.5 Å². The molecule has 94 valence electrons. The van der Waals surface area contributed by atoms with Crippen molar-refractivity contribution < 1.29 is 4.74 Å². The Morgan fingerprint density at radius 3 is 2.33 bits per heavy atom. The van der Waals surface area contributed by atoms with E-state index in [0.717, 1.165) is 5.75 Å². The minimum Gasteiger partial charge on any atom is -0.494 e. The Balaban J connectivity index is 2.30. The van der Waals surface area contributed by atoms with Gasteiger partial charge in [-0.2, -0.15) is 0 Å². The lowest BCUT2D eigenvalue weighted by atomic mass is 9.98. The highest BCUT2D eigenvalue weighted by Gasteiger charge is 2.03. The molecule has 0 atom stereocenters. The molecule has 0 spiro atoms. The van der Waals surface area contributed by atoms with Gasteiger partial charge in [-0.3, -0.25) is 0 Å². The van der Waals surface area contributed by atoms with E-state index in [-0.39, 0.29) is 0 Å². The first-order valence-corrected chi connectivity index (χ1v) is 6.27. The zero-order chi connectivity index (χ0) is 13.0. The van der Waals surface area contributed by atoms with Gasteiger partial charge in [0, 0.05) is 6.54 Å². The zero-order valence-electron chi connectivity index (χ0n) is 10.9. The van der Waals surface area contributed by atoms with Crippen molar-refractivity contribution in [3.8, 4) is 16.9 Å². The number of benzene rings is 2. The molecule has 0 saturated carbocycles. The average Bonchev–Trinajstić information content (AvgIpc) is 2.40. The predicted molar refractivity (Wildman–Crippen MR) is 75.7 cm³/mol. The van der Waals surface area contributed by atoms with Gasteiger partial charge in [0.05, 0.1) is 6.61 Å². The van der Waals surface area contributed by atoms with Crippen LogP contribution in [-0.4, -0.2) is 6.61 Å². The van der Waals surface area contributed by atoms with E-state index in [1.54, 1.807) is 0 Å². The normalized spacial score (nSPS) is 10.4. The highest BCUT2D eigenvalue weighted by molar-refractivity contribution is 5.68. The van der Waals surface area contributed by atoms with Gasteiger partial charge in [0.2, 0.25) is 0 Å². The van der Waals surface area contributed by atoms with E-state index in [2.05, 4.69) is 37.3 Å². The number of aryl methyl sites for hydroxylation is 1. The number of hydrogen-bond acceptors (Lipinski definition) is 2. The summed E-state index contributed by atoms with van der Waals surface area (Å²) in [4.78, 5) is 0. The highest BCUT2D eigenvalue weighted by Crippen LogP contribution is 2.26. The van der Waals surface area contributed by atoms with E-state index in [1.165, 1.54) is 22.3 Å². The van der Waals surface area contributed by atoms with Gasteiger partial charge in [0.25, 0.3) is 0 Å². The molecule has 0 fully saturated rings. The fraction of sp³-hybridized carbons (Fsp3) is 0.250. The van der Waals surface area contributed by atoms with Crippen LogP contribution in [0.25, 0.3) is 11.1 Å². The van der Waals surface area contributed by atoms with Crippen LogP contribution in [0.4, 0.5) is 0 Å². The van der Waals surface area contributed by atoms with Crippen LogP contribution in [0.1, 0.15) is 18.1 Å². The number of nitrogens with two attached hydrogens (primary N) is 1. The standard InChI is InChI=1S/C16H19NO/c1-3-18-15-7-5-14(6-8-15)16-9-4-13(11-17)10-12(16)2/h4-10H,3,11,17H2,1-2H3. The van der Waals surface area contributed by atoms with Gasteiger partial charge in [-0.05, 0) is 48.2 Å². The van der Waals surface area contributed by atoms with Gasteiger partial charge < -0.3 is 10.5 Å². The molecule has 0 aliphatic carbocycles. The van der Waals surface area contributed by atoms with E-state index in [9.17, 15) is 0 Å². The van der Waals surface area contributed by atoms with Gasteiger partial charge in [0.15, 0.2) is 0 Å². The molecule has 18 heavy (non-hydrogen) atoms. The summed E-state index contributed by atoms with van der Waals surface area (Å²) in [6.45, 7) is 5.39. The van der Waals surface area contributed by atoms with Gasteiger partial charge in [-0.25, -0.2) is 0 Å². The summed E-state index contributed by atoms with van der Waals surface area (Å²) in [6, 6.07) is 14.6. The van der Waals surface area contributed by atoms with E-state index in [4.69, 9.17) is 10.5 Å². The summed E-state index contributed by atoms with van der Waals surface area (Å²) in [5, 5.41) is 0. The SMILES string of the molecule is CCOc1ccc(-c2ccc(CN)cc2C)cc1. The first-order valence-electron chi connectivity index (χ1n) is 6.27. The molecular formula is C16H19NO. The van der Waals surface area contributed by atoms with Crippen molar-refractivity contribution in [1.29, 1.82) is 0 Å². The monoisotopic (exact) mass is 241 g/mol. The second kappa shape index (κ2) is 5.69. The molecule has 0 bridgehead atoms. The van der Waals surface area contributed by atoms with Crippen LogP contribution in [0.3, 0.4) is 0 Å². The Morgan fingerprint density at radius 2 is 1.78 bits per heavy atom. The summed E-state index contributed by atoms with van der Waals surface area (Å²) in [5.41, 5.74) is 10.5. The maximum absolute atomic E-state index is 5.64. The summed E-state index contributed by atoms with van der Waals surface area (Å²) in [7, 11) is 0. The molecular weight excluding hydrogens is 222 g/mol. The summed E-state index contributed by atoms with van der Waals surface area (Å²) in [6.07, 6.45) is 0. The van der Waals surface area contributed by atoms with Gasteiger partial charge in [-0.15, -0.1) is 0 Å².